The Hall–Kier alpha value is -2.42. The van der Waals surface area contributed by atoms with Crippen molar-refractivity contribution in [3.05, 3.63) is 23.0 Å². The normalized spacial score (nSPS) is 27.2. The fraction of sp³-hybridized carbons (Fsp3) is 0.550. The molecular weight excluding hydrogens is 339 g/mol. The van der Waals surface area contributed by atoms with Crippen molar-refractivity contribution in [2.45, 2.75) is 46.6 Å². The Balaban J connectivity index is 2.07. The quantitative estimate of drug-likeness (QED) is 0.413. The molecule has 0 spiro atoms. The SMILES string of the molecule is C#CCC1=C(C)[C@@H](OC(=O)[C@@H]2[C@H](/C=C(/F)C(=O)OCC)C2(C)C)CC1=O. The number of ketones is 1. The van der Waals surface area contributed by atoms with E-state index in [4.69, 9.17) is 11.2 Å². The first kappa shape index (κ1) is 19.9. The molecule has 0 bridgehead atoms. The number of allylic oxidation sites excluding steroid dienone is 2. The molecule has 2 rings (SSSR count). The lowest BCUT2D eigenvalue weighted by molar-refractivity contribution is -0.150. The van der Waals surface area contributed by atoms with Crippen molar-refractivity contribution in [2.75, 3.05) is 6.61 Å². The van der Waals surface area contributed by atoms with Crippen LogP contribution < -0.4 is 0 Å². The van der Waals surface area contributed by atoms with Gasteiger partial charge in [0.05, 0.1) is 18.9 Å². The van der Waals surface area contributed by atoms with Crippen molar-refractivity contribution in [1.82, 2.24) is 0 Å². The van der Waals surface area contributed by atoms with Gasteiger partial charge in [-0.3, -0.25) is 9.59 Å². The highest BCUT2D eigenvalue weighted by molar-refractivity contribution is 6.00. The molecule has 0 unspecified atom stereocenters. The second-order valence-electron chi connectivity index (χ2n) is 7.16. The van der Waals surface area contributed by atoms with Gasteiger partial charge in [0.15, 0.2) is 5.78 Å². The predicted molar refractivity (Wildman–Crippen MR) is 92.2 cm³/mol. The number of hydrogen-bond donors (Lipinski definition) is 0. The third-order valence-corrected chi connectivity index (χ3v) is 5.16. The fourth-order valence-electron chi connectivity index (χ4n) is 3.41. The predicted octanol–water partition coefficient (Wildman–Crippen LogP) is 2.90. The maximum atomic E-state index is 13.9. The van der Waals surface area contributed by atoms with E-state index in [1.54, 1.807) is 27.7 Å². The van der Waals surface area contributed by atoms with Crippen LogP contribution in [0, 0.1) is 29.6 Å². The third kappa shape index (κ3) is 3.72. The number of carbonyl (C=O) groups excluding carboxylic acids is 3. The van der Waals surface area contributed by atoms with E-state index in [-0.39, 0.29) is 25.2 Å². The summed E-state index contributed by atoms with van der Waals surface area (Å²) in [6, 6.07) is 0. The van der Waals surface area contributed by atoms with E-state index in [1.165, 1.54) is 0 Å². The first-order valence-corrected chi connectivity index (χ1v) is 8.56. The van der Waals surface area contributed by atoms with Crippen LogP contribution >= 0.6 is 0 Å². The zero-order chi connectivity index (χ0) is 19.6. The second kappa shape index (κ2) is 7.45. The number of ether oxygens (including phenoxy) is 2. The number of halogens is 1. The minimum atomic E-state index is -1.04. The molecule has 0 radical (unpaired) electrons. The van der Waals surface area contributed by atoms with Gasteiger partial charge in [0, 0.05) is 12.0 Å². The Morgan fingerprint density at radius 1 is 1.42 bits per heavy atom. The molecular formula is C20H23FO5. The molecule has 5 nitrogen and oxygen atoms in total. The van der Waals surface area contributed by atoms with Crippen molar-refractivity contribution >= 4 is 17.7 Å². The van der Waals surface area contributed by atoms with Gasteiger partial charge in [0.2, 0.25) is 5.83 Å². The van der Waals surface area contributed by atoms with Gasteiger partial charge in [-0.25, -0.2) is 4.79 Å². The molecule has 3 atom stereocenters. The molecule has 140 valence electrons. The molecule has 1 fully saturated rings. The lowest BCUT2D eigenvalue weighted by Gasteiger charge is -2.13. The Labute approximate surface area is 152 Å². The van der Waals surface area contributed by atoms with Crippen LogP contribution in [0.1, 0.15) is 40.5 Å². The average Bonchev–Trinajstić information content (AvgIpc) is 3.00. The minimum Gasteiger partial charge on any atom is -0.461 e. The van der Waals surface area contributed by atoms with Crippen molar-refractivity contribution in [3.8, 4) is 12.3 Å². The topological polar surface area (TPSA) is 69.7 Å². The summed E-state index contributed by atoms with van der Waals surface area (Å²) < 4.78 is 24.0. The minimum absolute atomic E-state index is 0.0704. The van der Waals surface area contributed by atoms with Crippen LogP contribution in [0.25, 0.3) is 0 Å². The van der Waals surface area contributed by atoms with Crippen molar-refractivity contribution < 1.29 is 28.2 Å². The summed E-state index contributed by atoms with van der Waals surface area (Å²) in [5.74, 6) is -1.29. The van der Waals surface area contributed by atoms with Gasteiger partial charge in [-0.2, -0.15) is 4.39 Å². The summed E-state index contributed by atoms with van der Waals surface area (Å²) in [5, 5.41) is 0. The molecule has 0 amide bonds. The Morgan fingerprint density at radius 3 is 2.65 bits per heavy atom. The molecule has 1 saturated carbocycles. The van der Waals surface area contributed by atoms with Crippen LogP contribution in [0.15, 0.2) is 23.0 Å². The van der Waals surface area contributed by atoms with E-state index in [2.05, 4.69) is 10.7 Å². The molecule has 0 aromatic heterocycles. The fourth-order valence-corrected chi connectivity index (χ4v) is 3.41. The van der Waals surface area contributed by atoms with Crippen LogP contribution in [-0.4, -0.2) is 30.4 Å². The maximum Gasteiger partial charge on any atom is 0.366 e. The Bertz CT molecular complexity index is 738. The van der Waals surface area contributed by atoms with Gasteiger partial charge >= 0.3 is 11.9 Å². The molecule has 0 aliphatic heterocycles. The highest BCUT2D eigenvalue weighted by atomic mass is 19.1. The highest BCUT2D eigenvalue weighted by Gasteiger charge is 2.62. The number of Topliss-reactive ketones (excluding diaryl/α,β-unsaturated/α-hetero) is 1. The van der Waals surface area contributed by atoms with Crippen LogP contribution in [0.2, 0.25) is 0 Å². The van der Waals surface area contributed by atoms with Gasteiger partial charge in [0.1, 0.15) is 6.10 Å². The Kier molecular flexibility index (Phi) is 5.70. The van der Waals surface area contributed by atoms with Crippen LogP contribution in [-0.2, 0) is 23.9 Å². The van der Waals surface area contributed by atoms with E-state index in [1.807, 2.05) is 0 Å². The summed E-state index contributed by atoms with van der Waals surface area (Å²) in [6.07, 6.45) is 6.05. The van der Waals surface area contributed by atoms with E-state index in [0.29, 0.717) is 11.1 Å². The lowest BCUT2D eigenvalue weighted by Crippen LogP contribution is -2.20. The van der Waals surface area contributed by atoms with E-state index >= 15 is 0 Å². The average molecular weight is 362 g/mol. The zero-order valence-electron chi connectivity index (χ0n) is 15.4. The molecule has 26 heavy (non-hydrogen) atoms. The first-order valence-electron chi connectivity index (χ1n) is 8.56. The highest BCUT2D eigenvalue weighted by Crippen LogP contribution is 2.60. The zero-order valence-corrected chi connectivity index (χ0v) is 15.4. The van der Waals surface area contributed by atoms with E-state index in [0.717, 1.165) is 6.08 Å². The molecule has 0 heterocycles. The van der Waals surface area contributed by atoms with Crippen LogP contribution in [0.3, 0.4) is 0 Å². The Morgan fingerprint density at radius 2 is 2.08 bits per heavy atom. The smallest absolute Gasteiger partial charge is 0.366 e. The molecule has 0 aromatic carbocycles. The molecule has 0 saturated heterocycles. The van der Waals surface area contributed by atoms with Gasteiger partial charge in [0.25, 0.3) is 0 Å². The largest absolute Gasteiger partial charge is 0.461 e. The van der Waals surface area contributed by atoms with E-state index < -0.39 is 41.1 Å². The number of esters is 2. The summed E-state index contributed by atoms with van der Waals surface area (Å²) in [6.45, 7) is 6.97. The number of hydrogen-bond acceptors (Lipinski definition) is 5. The summed E-state index contributed by atoms with van der Waals surface area (Å²) >= 11 is 0. The lowest BCUT2D eigenvalue weighted by atomic mass is 10.1. The molecule has 0 aromatic rings. The molecule has 2 aliphatic carbocycles. The van der Waals surface area contributed by atoms with Crippen LogP contribution in [0.5, 0.6) is 0 Å². The van der Waals surface area contributed by atoms with Crippen molar-refractivity contribution in [3.63, 3.8) is 0 Å². The van der Waals surface area contributed by atoms with Gasteiger partial charge in [-0.05, 0) is 36.8 Å². The van der Waals surface area contributed by atoms with Gasteiger partial charge < -0.3 is 9.47 Å². The second-order valence-corrected chi connectivity index (χ2v) is 7.16. The monoisotopic (exact) mass is 362 g/mol. The summed E-state index contributed by atoms with van der Waals surface area (Å²) in [7, 11) is 0. The van der Waals surface area contributed by atoms with E-state index in [9.17, 15) is 18.8 Å². The summed E-state index contributed by atoms with van der Waals surface area (Å²) in [5.41, 5.74) is 0.651. The molecule has 6 heteroatoms. The third-order valence-electron chi connectivity index (χ3n) is 5.16. The first-order chi connectivity index (χ1) is 12.1. The van der Waals surface area contributed by atoms with Crippen LogP contribution in [0.4, 0.5) is 4.39 Å². The number of rotatable bonds is 6. The maximum absolute atomic E-state index is 13.9. The molecule has 0 N–H and O–H groups in total. The summed E-state index contributed by atoms with van der Waals surface area (Å²) in [4.78, 5) is 35.9. The van der Waals surface area contributed by atoms with Gasteiger partial charge in [-0.1, -0.05) is 13.8 Å². The molecule has 2 aliphatic rings. The van der Waals surface area contributed by atoms with Crippen molar-refractivity contribution in [1.29, 1.82) is 0 Å². The number of carbonyl (C=O) groups is 3. The number of terminal acetylenes is 1. The standard InChI is InChI=1S/C20H23FO5/c1-6-8-12-11(3)16(10-15(12)22)26-19(24)17-13(20(17,4)5)9-14(21)18(23)25-7-2/h1,9,13,16-17H,7-8,10H2,2-5H3/b14-9+/t13-,16-,17-/m0/s1. The van der Waals surface area contributed by atoms with Crippen molar-refractivity contribution in [2.24, 2.45) is 17.3 Å². The van der Waals surface area contributed by atoms with Gasteiger partial charge in [-0.15, -0.1) is 12.3 Å².